The van der Waals surface area contributed by atoms with Crippen molar-refractivity contribution >= 4 is 0 Å². The second kappa shape index (κ2) is 5.77. The zero-order chi connectivity index (χ0) is 12.1. The van der Waals surface area contributed by atoms with E-state index in [0.29, 0.717) is 11.8 Å². The first-order chi connectivity index (χ1) is 8.33. The van der Waals surface area contributed by atoms with Gasteiger partial charge in [-0.05, 0) is 56.2 Å². The van der Waals surface area contributed by atoms with E-state index in [0.717, 1.165) is 12.4 Å². The van der Waals surface area contributed by atoms with Crippen molar-refractivity contribution in [2.75, 3.05) is 6.61 Å². The third kappa shape index (κ3) is 3.03. The Kier molecular flexibility index (Phi) is 4.09. The van der Waals surface area contributed by atoms with Crippen LogP contribution in [0.4, 0.5) is 0 Å². The molecule has 1 fully saturated rings. The van der Waals surface area contributed by atoms with Gasteiger partial charge in [0.25, 0.3) is 0 Å². The van der Waals surface area contributed by atoms with Crippen molar-refractivity contribution in [1.29, 1.82) is 0 Å². The molecule has 0 N–H and O–H groups in total. The fourth-order valence-electron chi connectivity index (χ4n) is 2.60. The lowest BCUT2D eigenvalue weighted by Crippen LogP contribution is -2.11. The van der Waals surface area contributed by atoms with E-state index < -0.39 is 0 Å². The SMILES string of the molecule is C#CC1CCC(c2ccc(OCC)cc2)CC1. The van der Waals surface area contributed by atoms with Crippen molar-refractivity contribution in [2.24, 2.45) is 5.92 Å². The average molecular weight is 228 g/mol. The molecule has 0 radical (unpaired) electrons. The first-order valence-electron chi connectivity index (χ1n) is 6.52. The molecular weight excluding hydrogens is 208 g/mol. The van der Waals surface area contributed by atoms with Gasteiger partial charge in [0.1, 0.15) is 5.75 Å². The molecule has 0 saturated heterocycles. The van der Waals surface area contributed by atoms with Gasteiger partial charge in [-0.2, -0.15) is 0 Å². The number of hydrogen-bond donors (Lipinski definition) is 0. The molecule has 0 amide bonds. The lowest BCUT2D eigenvalue weighted by atomic mass is 9.79. The summed E-state index contributed by atoms with van der Waals surface area (Å²) in [5.41, 5.74) is 1.43. The van der Waals surface area contributed by atoms with Crippen LogP contribution in [0, 0.1) is 18.3 Å². The first-order valence-corrected chi connectivity index (χ1v) is 6.52. The van der Waals surface area contributed by atoms with Crippen molar-refractivity contribution in [3.8, 4) is 18.1 Å². The fraction of sp³-hybridized carbons (Fsp3) is 0.500. The number of rotatable bonds is 3. The van der Waals surface area contributed by atoms with Crippen LogP contribution in [0.25, 0.3) is 0 Å². The quantitative estimate of drug-likeness (QED) is 0.711. The van der Waals surface area contributed by atoms with E-state index in [1.807, 2.05) is 6.92 Å². The van der Waals surface area contributed by atoms with Crippen LogP contribution in [-0.4, -0.2) is 6.61 Å². The first kappa shape index (κ1) is 12.0. The largest absolute Gasteiger partial charge is 0.494 e. The number of benzene rings is 1. The lowest BCUT2D eigenvalue weighted by molar-refractivity contribution is 0.339. The van der Waals surface area contributed by atoms with E-state index in [1.54, 1.807) is 0 Å². The summed E-state index contributed by atoms with van der Waals surface area (Å²) in [5.74, 6) is 5.05. The molecule has 1 aliphatic carbocycles. The van der Waals surface area contributed by atoms with E-state index >= 15 is 0 Å². The predicted octanol–water partition coefficient (Wildman–Crippen LogP) is 3.99. The second-order valence-electron chi connectivity index (χ2n) is 4.72. The summed E-state index contributed by atoms with van der Waals surface area (Å²) in [7, 11) is 0. The summed E-state index contributed by atoms with van der Waals surface area (Å²) in [6.45, 7) is 2.74. The molecule has 0 heterocycles. The van der Waals surface area contributed by atoms with Crippen LogP contribution in [0.3, 0.4) is 0 Å². The Morgan fingerprint density at radius 1 is 1.18 bits per heavy atom. The zero-order valence-corrected chi connectivity index (χ0v) is 10.5. The van der Waals surface area contributed by atoms with E-state index in [4.69, 9.17) is 11.2 Å². The molecule has 1 heteroatoms. The Morgan fingerprint density at radius 2 is 1.82 bits per heavy atom. The average Bonchev–Trinajstić information content (AvgIpc) is 2.40. The van der Waals surface area contributed by atoms with Gasteiger partial charge in [0.2, 0.25) is 0 Å². The molecular formula is C16H20O. The summed E-state index contributed by atoms with van der Waals surface area (Å²) < 4.78 is 5.46. The minimum atomic E-state index is 0.508. The van der Waals surface area contributed by atoms with Crippen LogP contribution in [0.1, 0.15) is 44.1 Å². The third-order valence-corrected chi connectivity index (χ3v) is 3.63. The molecule has 1 nitrogen and oxygen atoms in total. The fourth-order valence-corrected chi connectivity index (χ4v) is 2.60. The van der Waals surface area contributed by atoms with Crippen molar-refractivity contribution in [3.63, 3.8) is 0 Å². The zero-order valence-electron chi connectivity index (χ0n) is 10.5. The van der Waals surface area contributed by atoms with Crippen LogP contribution >= 0.6 is 0 Å². The predicted molar refractivity (Wildman–Crippen MR) is 71.1 cm³/mol. The molecule has 2 rings (SSSR count). The Labute approximate surface area is 104 Å². The van der Waals surface area contributed by atoms with Gasteiger partial charge in [-0.3, -0.25) is 0 Å². The van der Waals surface area contributed by atoms with Crippen LogP contribution < -0.4 is 4.74 Å². The van der Waals surface area contributed by atoms with Crippen molar-refractivity contribution in [2.45, 2.75) is 38.5 Å². The number of ether oxygens (including phenoxy) is 1. The normalized spacial score (nSPS) is 24.0. The highest BCUT2D eigenvalue weighted by Gasteiger charge is 2.20. The van der Waals surface area contributed by atoms with Gasteiger partial charge in [-0.25, -0.2) is 0 Å². The number of hydrogen-bond acceptors (Lipinski definition) is 1. The van der Waals surface area contributed by atoms with E-state index in [-0.39, 0.29) is 0 Å². The summed E-state index contributed by atoms with van der Waals surface area (Å²) >= 11 is 0. The summed E-state index contributed by atoms with van der Waals surface area (Å²) in [4.78, 5) is 0. The smallest absolute Gasteiger partial charge is 0.119 e. The van der Waals surface area contributed by atoms with Crippen molar-refractivity contribution < 1.29 is 4.74 Å². The minimum absolute atomic E-state index is 0.508. The summed E-state index contributed by atoms with van der Waals surface area (Å²) in [6.07, 6.45) is 10.3. The molecule has 0 spiro atoms. The van der Waals surface area contributed by atoms with Gasteiger partial charge in [0, 0.05) is 5.92 Å². The monoisotopic (exact) mass is 228 g/mol. The van der Waals surface area contributed by atoms with Gasteiger partial charge in [0.05, 0.1) is 6.61 Å². The van der Waals surface area contributed by atoms with Crippen LogP contribution in [0.2, 0.25) is 0 Å². The summed E-state index contributed by atoms with van der Waals surface area (Å²) in [5, 5.41) is 0. The van der Waals surface area contributed by atoms with Crippen LogP contribution in [0.15, 0.2) is 24.3 Å². The van der Waals surface area contributed by atoms with Gasteiger partial charge in [0.15, 0.2) is 0 Å². The lowest BCUT2D eigenvalue weighted by Gasteiger charge is -2.26. The molecule has 0 bridgehead atoms. The molecule has 1 aromatic rings. The minimum Gasteiger partial charge on any atom is -0.494 e. The van der Waals surface area contributed by atoms with E-state index in [2.05, 4.69) is 30.2 Å². The van der Waals surface area contributed by atoms with Gasteiger partial charge >= 0.3 is 0 Å². The standard InChI is InChI=1S/C16H20O/c1-3-13-5-7-14(8-6-13)15-9-11-16(12-10-15)17-4-2/h1,9-14H,4-8H2,2H3. The molecule has 0 aromatic heterocycles. The Morgan fingerprint density at radius 3 is 2.35 bits per heavy atom. The van der Waals surface area contributed by atoms with Gasteiger partial charge in [-0.1, -0.05) is 12.1 Å². The van der Waals surface area contributed by atoms with Crippen LogP contribution in [0.5, 0.6) is 5.75 Å². The molecule has 1 aromatic carbocycles. The highest BCUT2D eigenvalue weighted by Crippen LogP contribution is 2.35. The van der Waals surface area contributed by atoms with Gasteiger partial charge < -0.3 is 4.74 Å². The molecule has 0 aliphatic heterocycles. The number of terminal acetylenes is 1. The topological polar surface area (TPSA) is 9.23 Å². The van der Waals surface area contributed by atoms with Crippen LogP contribution in [-0.2, 0) is 0 Å². The maximum absolute atomic E-state index is 5.47. The molecule has 0 unspecified atom stereocenters. The Bertz CT molecular complexity index is 377. The molecule has 17 heavy (non-hydrogen) atoms. The highest BCUT2D eigenvalue weighted by molar-refractivity contribution is 5.29. The highest BCUT2D eigenvalue weighted by atomic mass is 16.5. The second-order valence-corrected chi connectivity index (χ2v) is 4.72. The molecule has 1 saturated carbocycles. The summed E-state index contributed by atoms with van der Waals surface area (Å²) in [6, 6.07) is 8.55. The maximum atomic E-state index is 5.47. The maximum Gasteiger partial charge on any atom is 0.119 e. The van der Waals surface area contributed by atoms with E-state index in [1.165, 1.54) is 31.2 Å². The Balaban J connectivity index is 1.97. The van der Waals surface area contributed by atoms with Crippen molar-refractivity contribution in [3.05, 3.63) is 29.8 Å². The Hall–Kier alpha value is -1.42. The van der Waals surface area contributed by atoms with Gasteiger partial charge in [-0.15, -0.1) is 12.3 Å². The molecule has 90 valence electrons. The third-order valence-electron chi connectivity index (χ3n) is 3.63. The molecule has 0 atom stereocenters. The van der Waals surface area contributed by atoms with E-state index in [9.17, 15) is 0 Å². The van der Waals surface area contributed by atoms with Crippen molar-refractivity contribution in [1.82, 2.24) is 0 Å². The molecule has 1 aliphatic rings.